The number of nitrogens with zero attached hydrogens (tertiary/aromatic N) is 1. The average Bonchev–Trinajstić information content (AvgIpc) is 2.70. The zero-order valence-electron chi connectivity index (χ0n) is 15.5. The fourth-order valence-corrected chi connectivity index (χ4v) is 2.76. The standard InChI is InChI=1S/C22H23N3O2/c1-3-17-6-4-5-7-20(17)25-21-13-10-18(15-23-21)24-22(26)14-16-8-11-19(27-2)12-9-16/h4-13,15H,3,14H2,1-2H3,(H,23,25)(H,24,26). The van der Waals surface area contributed by atoms with Gasteiger partial charge in [-0.15, -0.1) is 0 Å². The minimum absolute atomic E-state index is 0.0843. The number of hydrogen-bond acceptors (Lipinski definition) is 4. The van der Waals surface area contributed by atoms with Crippen LogP contribution in [0.3, 0.4) is 0 Å². The van der Waals surface area contributed by atoms with Crippen molar-refractivity contribution in [2.75, 3.05) is 17.7 Å². The fourth-order valence-electron chi connectivity index (χ4n) is 2.76. The van der Waals surface area contributed by atoms with Gasteiger partial charge in [0.2, 0.25) is 5.91 Å². The SMILES string of the molecule is CCc1ccccc1Nc1ccc(NC(=O)Cc2ccc(OC)cc2)cn1. The molecule has 0 aliphatic carbocycles. The molecule has 27 heavy (non-hydrogen) atoms. The van der Waals surface area contributed by atoms with E-state index in [1.165, 1.54) is 5.56 Å². The lowest BCUT2D eigenvalue weighted by molar-refractivity contribution is -0.115. The van der Waals surface area contributed by atoms with Gasteiger partial charge in [-0.25, -0.2) is 4.98 Å². The molecule has 2 N–H and O–H groups in total. The number of nitrogens with one attached hydrogen (secondary N) is 2. The number of rotatable bonds is 7. The summed E-state index contributed by atoms with van der Waals surface area (Å²) in [6.07, 6.45) is 2.90. The van der Waals surface area contributed by atoms with E-state index in [-0.39, 0.29) is 5.91 Å². The zero-order chi connectivity index (χ0) is 19.1. The van der Waals surface area contributed by atoms with Gasteiger partial charge in [-0.05, 0) is 47.9 Å². The summed E-state index contributed by atoms with van der Waals surface area (Å²) in [5, 5.41) is 6.19. The topological polar surface area (TPSA) is 63.2 Å². The predicted octanol–water partition coefficient (Wildman–Crippen LogP) is 4.58. The Bertz CT molecular complexity index is 890. The summed E-state index contributed by atoms with van der Waals surface area (Å²) in [6, 6.07) is 19.3. The summed E-state index contributed by atoms with van der Waals surface area (Å²) in [6.45, 7) is 2.12. The Hall–Kier alpha value is -3.34. The van der Waals surface area contributed by atoms with Crippen molar-refractivity contribution in [3.05, 3.63) is 78.0 Å². The van der Waals surface area contributed by atoms with Gasteiger partial charge in [-0.2, -0.15) is 0 Å². The van der Waals surface area contributed by atoms with Gasteiger partial charge in [-0.3, -0.25) is 4.79 Å². The van der Waals surface area contributed by atoms with Gasteiger partial charge in [0.15, 0.2) is 0 Å². The molecule has 0 saturated heterocycles. The molecule has 3 rings (SSSR count). The van der Waals surface area contributed by atoms with Crippen molar-refractivity contribution in [2.24, 2.45) is 0 Å². The summed E-state index contributed by atoms with van der Waals surface area (Å²) >= 11 is 0. The molecular formula is C22H23N3O2. The second-order valence-corrected chi connectivity index (χ2v) is 6.14. The van der Waals surface area contributed by atoms with Crippen LogP contribution in [0.25, 0.3) is 0 Å². The highest BCUT2D eigenvalue weighted by Crippen LogP contribution is 2.21. The van der Waals surface area contributed by atoms with Crippen LogP contribution < -0.4 is 15.4 Å². The second kappa shape index (κ2) is 8.85. The van der Waals surface area contributed by atoms with E-state index in [9.17, 15) is 4.79 Å². The smallest absolute Gasteiger partial charge is 0.228 e. The third kappa shape index (κ3) is 5.07. The Morgan fingerprint density at radius 1 is 1.04 bits per heavy atom. The highest BCUT2D eigenvalue weighted by molar-refractivity contribution is 5.92. The van der Waals surface area contributed by atoms with Crippen molar-refractivity contribution < 1.29 is 9.53 Å². The van der Waals surface area contributed by atoms with Gasteiger partial charge in [0, 0.05) is 5.69 Å². The molecule has 0 saturated carbocycles. The fraction of sp³-hybridized carbons (Fsp3) is 0.182. The maximum absolute atomic E-state index is 12.2. The van der Waals surface area contributed by atoms with Gasteiger partial charge in [0.25, 0.3) is 0 Å². The zero-order valence-corrected chi connectivity index (χ0v) is 15.5. The van der Waals surface area contributed by atoms with Crippen molar-refractivity contribution in [2.45, 2.75) is 19.8 Å². The normalized spacial score (nSPS) is 10.3. The van der Waals surface area contributed by atoms with Crippen LogP contribution in [-0.2, 0) is 17.6 Å². The number of aromatic nitrogens is 1. The Morgan fingerprint density at radius 2 is 1.81 bits per heavy atom. The van der Waals surface area contributed by atoms with E-state index in [2.05, 4.69) is 28.6 Å². The molecule has 1 aromatic heterocycles. The summed E-state index contributed by atoms with van der Waals surface area (Å²) in [7, 11) is 1.62. The molecular weight excluding hydrogens is 338 g/mol. The van der Waals surface area contributed by atoms with Crippen LogP contribution in [0.5, 0.6) is 5.75 Å². The predicted molar refractivity (Wildman–Crippen MR) is 109 cm³/mol. The molecule has 0 spiro atoms. The third-order valence-electron chi connectivity index (χ3n) is 4.23. The Kier molecular flexibility index (Phi) is 6.05. The molecule has 0 fully saturated rings. The quantitative estimate of drug-likeness (QED) is 0.647. The number of carbonyl (C=O) groups is 1. The molecule has 5 heteroatoms. The van der Waals surface area contributed by atoms with E-state index in [1.54, 1.807) is 13.3 Å². The molecule has 0 aliphatic heterocycles. The minimum atomic E-state index is -0.0843. The number of carbonyl (C=O) groups excluding carboxylic acids is 1. The number of aryl methyl sites for hydroxylation is 1. The lowest BCUT2D eigenvalue weighted by Crippen LogP contribution is -2.14. The maximum Gasteiger partial charge on any atom is 0.228 e. The molecule has 3 aromatic rings. The van der Waals surface area contributed by atoms with Crippen molar-refractivity contribution >= 4 is 23.1 Å². The summed E-state index contributed by atoms with van der Waals surface area (Å²) in [4.78, 5) is 16.6. The first-order valence-corrected chi connectivity index (χ1v) is 8.91. The molecule has 0 aliphatic rings. The molecule has 0 radical (unpaired) electrons. The summed E-state index contributed by atoms with van der Waals surface area (Å²) in [5.74, 6) is 1.43. The highest BCUT2D eigenvalue weighted by Gasteiger charge is 2.06. The second-order valence-electron chi connectivity index (χ2n) is 6.14. The Balaban J connectivity index is 1.59. The van der Waals surface area contributed by atoms with Crippen LogP contribution in [-0.4, -0.2) is 18.0 Å². The molecule has 1 amide bonds. The monoisotopic (exact) mass is 361 g/mol. The van der Waals surface area contributed by atoms with Crippen molar-refractivity contribution in [1.82, 2.24) is 4.98 Å². The van der Waals surface area contributed by atoms with Gasteiger partial charge in [0.05, 0.1) is 25.4 Å². The van der Waals surface area contributed by atoms with Gasteiger partial charge in [0.1, 0.15) is 11.6 Å². The van der Waals surface area contributed by atoms with E-state index in [1.807, 2.05) is 54.6 Å². The number of para-hydroxylation sites is 1. The maximum atomic E-state index is 12.2. The first-order valence-electron chi connectivity index (χ1n) is 8.91. The van der Waals surface area contributed by atoms with Gasteiger partial charge >= 0.3 is 0 Å². The minimum Gasteiger partial charge on any atom is -0.497 e. The summed E-state index contributed by atoms with van der Waals surface area (Å²) in [5.41, 5.74) is 3.87. The van der Waals surface area contributed by atoms with Crippen LogP contribution in [0.1, 0.15) is 18.1 Å². The molecule has 0 atom stereocenters. The Morgan fingerprint density at radius 3 is 2.48 bits per heavy atom. The van der Waals surface area contributed by atoms with Crippen molar-refractivity contribution in [3.8, 4) is 5.75 Å². The van der Waals surface area contributed by atoms with Crippen LogP contribution in [0, 0.1) is 0 Å². The molecule has 138 valence electrons. The van der Waals surface area contributed by atoms with Crippen LogP contribution in [0.15, 0.2) is 66.9 Å². The average molecular weight is 361 g/mol. The van der Waals surface area contributed by atoms with Crippen molar-refractivity contribution in [1.29, 1.82) is 0 Å². The van der Waals surface area contributed by atoms with Crippen LogP contribution in [0.4, 0.5) is 17.2 Å². The van der Waals surface area contributed by atoms with E-state index in [0.29, 0.717) is 12.1 Å². The number of methoxy groups -OCH3 is 1. The van der Waals surface area contributed by atoms with E-state index >= 15 is 0 Å². The van der Waals surface area contributed by atoms with E-state index < -0.39 is 0 Å². The number of anilines is 3. The first kappa shape index (κ1) is 18.5. The first-order chi connectivity index (χ1) is 13.2. The highest BCUT2D eigenvalue weighted by atomic mass is 16.5. The molecule has 0 unspecified atom stereocenters. The summed E-state index contributed by atoms with van der Waals surface area (Å²) < 4.78 is 5.12. The van der Waals surface area contributed by atoms with Crippen LogP contribution in [0.2, 0.25) is 0 Å². The number of hydrogen-bond donors (Lipinski definition) is 2. The number of pyridine rings is 1. The molecule has 0 bridgehead atoms. The van der Waals surface area contributed by atoms with E-state index in [0.717, 1.165) is 29.2 Å². The molecule has 1 heterocycles. The van der Waals surface area contributed by atoms with Crippen molar-refractivity contribution in [3.63, 3.8) is 0 Å². The lowest BCUT2D eigenvalue weighted by Gasteiger charge is -2.11. The lowest BCUT2D eigenvalue weighted by atomic mass is 10.1. The molecule has 2 aromatic carbocycles. The molecule has 5 nitrogen and oxygen atoms in total. The number of ether oxygens (including phenoxy) is 1. The third-order valence-corrected chi connectivity index (χ3v) is 4.23. The van der Waals surface area contributed by atoms with Gasteiger partial charge < -0.3 is 15.4 Å². The van der Waals surface area contributed by atoms with E-state index in [4.69, 9.17) is 4.74 Å². The van der Waals surface area contributed by atoms with Gasteiger partial charge in [-0.1, -0.05) is 37.3 Å². The number of amides is 1. The Labute approximate surface area is 159 Å². The van der Waals surface area contributed by atoms with Crippen LogP contribution >= 0.6 is 0 Å². The largest absolute Gasteiger partial charge is 0.497 e. The number of benzene rings is 2.